The number of piperidine rings is 1. The molecular weight excluding hydrogens is 366 g/mol. The highest BCUT2D eigenvalue weighted by Crippen LogP contribution is 2.52. The van der Waals surface area contributed by atoms with Crippen molar-refractivity contribution in [3.05, 3.63) is 52.0 Å². The summed E-state index contributed by atoms with van der Waals surface area (Å²) in [5.74, 6) is 0.629. The molecule has 1 atom stereocenters. The average molecular weight is 396 g/mol. The number of rotatable bonds is 5. The van der Waals surface area contributed by atoms with Crippen LogP contribution in [0.5, 0.6) is 0 Å². The second kappa shape index (κ2) is 7.60. The van der Waals surface area contributed by atoms with Gasteiger partial charge >= 0.3 is 0 Å². The molecule has 28 heavy (non-hydrogen) atoms. The number of nitrogens with zero attached hydrogens (tertiary/aromatic N) is 2. The van der Waals surface area contributed by atoms with E-state index in [-0.39, 0.29) is 11.3 Å². The molecular formula is C23H29N3OS. The van der Waals surface area contributed by atoms with Gasteiger partial charge in [-0.05, 0) is 74.1 Å². The maximum absolute atomic E-state index is 12.6. The number of hydrogen-bond donors (Lipinski definition) is 1. The molecule has 2 heterocycles. The standard InChI is InChI=1S/C23H29N3OS/c27-21(25-18-4-3-5-18)14-17-15-23(20-7-2-1-6-19(17)20)8-11-26(12-9-23)16-22-24-10-13-28-22/h1-2,6-7,10,13,17-18H,3-5,8-9,11-12,14-16H2,(H,25,27)/t17-/m0/s1. The zero-order valence-electron chi connectivity index (χ0n) is 16.4. The molecule has 0 radical (unpaired) electrons. The average Bonchev–Trinajstić information content (AvgIpc) is 3.28. The van der Waals surface area contributed by atoms with Crippen LogP contribution in [0.1, 0.15) is 67.0 Å². The second-order valence-corrected chi connectivity index (χ2v) is 9.85. The van der Waals surface area contributed by atoms with E-state index in [1.807, 2.05) is 6.20 Å². The molecule has 5 rings (SSSR count). The molecule has 148 valence electrons. The summed E-state index contributed by atoms with van der Waals surface area (Å²) in [5.41, 5.74) is 3.21. The summed E-state index contributed by atoms with van der Waals surface area (Å²) < 4.78 is 0. The molecule has 0 bridgehead atoms. The van der Waals surface area contributed by atoms with Gasteiger partial charge < -0.3 is 5.32 Å². The summed E-state index contributed by atoms with van der Waals surface area (Å²) in [7, 11) is 0. The Morgan fingerprint density at radius 1 is 1.25 bits per heavy atom. The molecule has 0 unspecified atom stereocenters. The Morgan fingerprint density at radius 3 is 2.79 bits per heavy atom. The summed E-state index contributed by atoms with van der Waals surface area (Å²) in [6, 6.07) is 9.36. The second-order valence-electron chi connectivity index (χ2n) is 8.87. The van der Waals surface area contributed by atoms with E-state index < -0.39 is 0 Å². The fourth-order valence-corrected chi connectivity index (χ4v) is 6.07. The number of carbonyl (C=O) groups excluding carboxylic acids is 1. The first-order valence-electron chi connectivity index (χ1n) is 10.7. The highest BCUT2D eigenvalue weighted by molar-refractivity contribution is 7.09. The number of amides is 1. The van der Waals surface area contributed by atoms with Crippen molar-refractivity contribution in [1.82, 2.24) is 15.2 Å². The Labute approximate surface area is 171 Å². The molecule has 1 amide bonds. The summed E-state index contributed by atoms with van der Waals surface area (Å²) in [5, 5.41) is 6.52. The number of benzene rings is 1. The molecule has 1 N–H and O–H groups in total. The van der Waals surface area contributed by atoms with Crippen LogP contribution in [0.3, 0.4) is 0 Å². The van der Waals surface area contributed by atoms with E-state index in [9.17, 15) is 4.79 Å². The van der Waals surface area contributed by atoms with Crippen molar-refractivity contribution < 1.29 is 4.79 Å². The van der Waals surface area contributed by atoms with Crippen LogP contribution in [-0.2, 0) is 16.8 Å². The van der Waals surface area contributed by atoms with E-state index >= 15 is 0 Å². The number of hydrogen-bond acceptors (Lipinski definition) is 4. The summed E-state index contributed by atoms with van der Waals surface area (Å²) in [6.07, 6.45) is 9.65. The summed E-state index contributed by atoms with van der Waals surface area (Å²) >= 11 is 1.75. The van der Waals surface area contributed by atoms with Crippen molar-refractivity contribution in [3.8, 4) is 0 Å². The van der Waals surface area contributed by atoms with Crippen molar-refractivity contribution in [1.29, 1.82) is 0 Å². The summed E-state index contributed by atoms with van der Waals surface area (Å²) in [4.78, 5) is 19.6. The summed E-state index contributed by atoms with van der Waals surface area (Å²) in [6.45, 7) is 3.21. The lowest BCUT2D eigenvalue weighted by molar-refractivity contribution is -0.122. The Morgan fingerprint density at radius 2 is 2.07 bits per heavy atom. The van der Waals surface area contributed by atoms with Crippen molar-refractivity contribution >= 4 is 17.2 Å². The van der Waals surface area contributed by atoms with Gasteiger partial charge in [0.2, 0.25) is 5.91 Å². The highest BCUT2D eigenvalue weighted by Gasteiger charge is 2.45. The van der Waals surface area contributed by atoms with Crippen LogP contribution in [0.15, 0.2) is 35.8 Å². The molecule has 2 fully saturated rings. The lowest BCUT2D eigenvalue weighted by Crippen LogP contribution is -2.41. The Hall–Kier alpha value is -1.72. The molecule has 5 heteroatoms. The van der Waals surface area contributed by atoms with Crippen molar-refractivity contribution in [2.45, 2.75) is 68.9 Å². The molecule has 1 saturated heterocycles. The minimum absolute atomic E-state index is 0.253. The number of carbonyl (C=O) groups is 1. The van der Waals surface area contributed by atoms with Crippen molar-refractivity contribution in [2.24, 2.45) is 0 Å². The van der Waals surface area contributed by atoms with Crippen LogP contribution in [0.2, 0.25) is 0 Å². The molecule has 2 aliphatic carbocycles. The molecule has 4 nitrogen and oxygen atoms in total. The lowest BCUT2D eigenvalue weighted by atomic mass is 9.73. The minimum atomic E-state index is 0.253. The van der Waals surface area contributed by atoms with Gasteiger partial charge in [-0.2, -0.15) is 0 Å². The van der Waals surface area contributed by atoms with Gasteiger partial charge in [-0.1, -0.05) is 24.3 Å². The van der Waals surface area contributed by atoms with E-state index in [0.29, 0.717) is 18.4 Å². The van der Waals surface area contributed by atoms with Crippen LogP contribution in [-0.4, -0.2) is 34.9 Å². The maximum Gasteiger partial charge on any atom is 0.220 e. The molecule has 2 aromatic rings. The number of thiazole rings is 1. The molecule has 1 aliphatic heterocycles. The molecule has 1 aromatic carbocycles. The van der Waals surface area contributed by atoms with E-state index in [1.54, 1.807) is 11.3 Å². The van der Waals surface area contributed by atoms with Crippen LogP contribution in [0, 0.1) is 0 Å². The predicted molar refractivity (Wildman–Crippen MR) is 113 cm³/mol. The molecule has 3 aliphatic rings. The van der Waals surface area contributed by atoms with Gasteiger partial charge in [0.25, 0.3) is 0 Å². The first kappa shape index (κ1) is 18.3. The third kappa shape index (κ3) is 3.50. The fourth-order valence-electron chi connectivity index (χ4n) is 5.41. The Bertz CT molecular complexity index is 822. The van der Waals surface area contributed by atoms with Gasteiger partial charge in [0.15, 0.2) is 0 Å². The van der Waals surface area contributed by atoms with Gasteiger partial charge in [-0.15, -0.1) is 11.3 Å². The third-order valence-electron chi connectivity index (χ3n) is 7.17. The fraction of sp³-hybridized carbons (Fsp3) is 0.565. The van der Waals surface area contributed by atoms with E-state index in [2.05, 4.69) is 44.8 Å². The Kier molecular flexibility index (Phi) is 4.97. The van der Waals surface area contributed by atoms with Crippen LogP contribution < -0.4 is 5.32 Å². The van der Waals surface area contributed by atoms with Crippen molar-refractivity contribution in [2.75, 3.05) is 13.1 Å². The van der Waals surface area contributed by atoms with E-state index in [0.717, 1.165) is 38.9 Å². The number of fused-ring (bicyclic) bond motifs is 2. The van der Waals surface area contributed by atoms with Crippen LogP contribution >= 0.6 is 11.3 Å². The van der Waals surface area contributed by atoms with E-state index in [4.69, 9.17) is 0 Å². The first-order valence-corrected chi connectivity index (χ1v) is 11.6. The number of nitrogens with one attached hydrogen (secondary N) is 1. The predicted octanol–water partition coefficient (Wildman–Crippen LogP) is 4.22. The van der Waals surface area contributed by atoms with Gasteiger partial charge in [-0.3, -0.25) is 9.69 Å². The van der Waals surface area contributed by atoms with Gasteiger partial charge in [0.05, 0.1) is 6.54 Å². The SMILES string of the molecule is O=C(C[C@H]1CC2(CCN(Cc3nccs3)CC2)c2ccccc21)NC1CCC1. The molecule has 1 saturated carbocycles. The number of likely N-dealkylation sites (tertiary alicyclic amines) is 1. The van der Waals surface area contributed by atoms with Gasteiger partial charge in [0, 0.05) is 24.0 Å². The van der Waals surface area contributed by atoms with Crippen LogP contribution in [0.25, 0.3) is 0 Å². The maximum atomic E-state index is 12.6. The van der Waals surface area contributed by atoms with Crippen molar-refractivity contribution in [3.63, 3.8) is 0 Å². The van der Waals surface area contributed by atoms with E-state index in [1.165, 1.54) is 35.4 Å². The monoisotopic (exact) mass is 395 g/mol. The zero-order valence-corrected chi connectivity index (χ0v) is 17.2. The van der Waals surface area contributed by atoms with Gasteiger partial charge in [0.1, 0.15) is 5.01 Å². The topological polar surface area (TPSA) is 45.2 Å². The smallest absolute Gasteiger partial charge is 0.220 e. The van der Waals surface area contributed by atoms with Gasteiger partial charge in [-0.25, -0.2) is 4.98 Å². The molecule has 1 spiro atoms. The lowest BCUT2D eigenvalue weighted by Gasteiger charge is -2.40. The zero-order chi connectivity index (χ0) is 19.0. The normalized spacial score (nSPS) is 24.1. The Balaban J connectivity index is 1.27. The molecule has 1 aromatic heterocycles. The number of aromatic nitrogens is 1. The largest absolute Gasteiger partial charge is 0.353 e. The first-order chi connectivity index (χ1) is 13.7. The third-order valence-corrected chi connectivity index (χ3v) is 7.93. The van der Waals surface area contributed by atoms with Crippen LogP contribution in [0.4, 0.5) is 0 Å². The minimum Gasteiger partial charge on any atom is -0.353 e. The quantitative estimate of drug-likeness (QED) is 0.824. The highest BCUT2D eigenvalue weighted by atomic mass is 32.1.